The third-order valence-corrected chi connectivity index (χ3v) is 2.86. The van der Waals surface area contributed by atoms with Crippen LogP contribution in [0.15, 0.2) is 46.0 Å². The molecule has 0 aromatic heterocycles. The number of halogens is 1. The van der Waals surface area contributed by atoms with E-state index in [0.717, 1.165) is 15.2 Å². The molecule has 0 radical (unpaired) electrons. The van der Waals surface area contributed by atoms with Crippen LogP contribution in [0.4, 0.5) is 0 Å². The molecule has 4 heteroatoms. The van der Waals surface area contributed by atoms with E-state index in [-0.39, 0.29) is 5.75 Å². The molecular weight excluding hydrogens is 282 g/mol. The van der Waals surface area contributed by atoms with Crippen molar-refractivity contribution in [2.75, 3.05) is 0 Å². The van der Waals surface area contributed by atoms with Crippen LogP contribution in [0, 0.1) is 0 Å². The van der Waals surface area contributed by atoms with E-state index in [0.29, 0.717) is 5.56 Å². The number of aromatic hydroxyl groups is 1. The van der Waals surface area contributed by atoms with Gasteiger partial charge in [-0.05, 0) is 35.0 Å². The minimum atomic E-state index is 0.150. The Kier molecular flexibility index (Phi) is 3.38. The van der Waals surface area contributed by atoms with Crippen LogP contribution in [0.1, 0.15) is 5.56 Å². The summed E-state index contributed by atoms with van der Waals surface area (Å²) in [6.45, 7) is 0. The van der Waals surface area contributed by atoms with E-state index in [1.54, 1.807) is 12.1 Å². The molecule has 2 aromatic carbocycles. The van der Waals surface area contributed by atoms with Gasteiger partial charge in [0.15, 0.2) is 0 Å². The first-order valence-corrected chi connectivity index (χ1v) is 5.66. The van der Waals surface area contributed by atoms with Crippen molar-refractivity contribution in [1.29, 1.82) is 0 Å². The summed E-state index contributed by atoms with van der Waals surface area (Å²) in [6.07, 6.45) is 4.30. The zero-order chi connectivity index (χ0) is 12.3. The topological polar surface area (TPSA) is 49.7 Å². The highest BCUT2D eigenvalue weighted by atomic mass is 79.9. The predicted molar refractivity (Wildman–Crippen MR) is 70.5 cm³/mol. The highest BCUT2D eigenvalue weighted by Crippen LogP contribution is 2.30. The zero-order valence-corrected chi connectivity index (χ0v) is 10.3. The second-order valence-electron chi connectivity index (χ2n) is 3.40. The molecule has 17 heavy (non-hydrogen) atoms. The molecule has 0 spiro atoms. The smallest absolute Gasteiger partial charge is 0.239 e. The van der Waals surface area contributed by atoms with Crippen LogP contribution >= 0.6 is 15.9 Å². The van der Waals surface area contributed by atoms with E-state index in [2.05, 4.69) is 20.9 Å². The van der Waals surface area contributed by atoms with Crippen molar-refractivity contribution in [3.8, 4) is 5.75 Å². The molecule has 0 heterocycles. The Labute approximate surface area is 106 Å². The summed E-state index contributed by atoms with van der Waals surface area (Å²) in [7, 11) is 0. The quantitative estimate of drug-likeness (QED) is 0.678. The molecule has 0 saturated carbocycles. The molecule has 0 aliphatic rings. The van der Waals surface area contributed by atoms with Crippen LogP contribution in [-0.4, -0.2) is 11.2 Å². The number of carbonyl (C=O) groups excluding carboxylic acids is 1. The van der Waals surface area contributed by atoms with Gasteiger partial charge >= 0.3 is 0 Å². The zero-order valence-electron chi connectivity index (χ0n) is 8.72. The Morgan fingerprint density at radius 2 is 2.12 bits per heavy atom. The summed E-state index contributed by atoms with van der Waals surface area (Å²) in [5, 5.41) is 11.7. The van der Waals surface area contributed by atoms with Crippen LogP contribution in [-0.2, 0) is 4.79 Å². The van der Waals surface area contributed by atoms with Gasteiger partial charge < -0.3 is 5.11 Å². The molecule has 2 aromatic rings. The highest BCUT2D eigenvalue weighted by molar-refractivity contribution is 9.10. The number of phenols is 1. The lowest BCUT2D eigenvalue weighted by Crippen LogP contribution is -1.80. The number of phenolic OH excluding ortho intramolecular Hbond substituents is 1. The first-order valence-electron chi connectivity index (χ1n) is 4.87. The van der Waals surface area contributed by atoms with Crippen LogP contribution in [0.3, 0.4) is 0 Å². The number of isocyanates is 1. The minimum Gasteiger partial charge on any atom is -0.507 e. The first-order chi connectivity index (χ1) is 8.22. The van der Waals surface area contributed by atoms with Gasteiger partial charge in [0.25, 0.3) is 0 Å². The minimum absolute atomic E-state index is 0.150. The highest BCUT2D eigenvalue weighted by Gasteiger charge is 2.04. The summed E-state index contributed by atoms with van der Waals surface area (Å²) in [6, 6.07) is 9.18. The standard InChI is InChI=1S/C13H8BrNO2/c14-10-2-3-11-9(7-10)1-4-13(17)12(11)5-6-15-8-16/h1-7,17H/b6-5+. The van der Waals surface area contributed by atoms with E-state index in [9.17, 15) is 9.90 Å². The molecule has 0 aliphatic carbocycles. The van der Waals surface area contributed by atoms with Gasteiger partial charge in [0.2, 0.25) is 6.08 Å². The molecule has 2 rings (SSSR count). The van der Waals surface area contributed by atoms with Crippen molar-refractivity contribution in [2.24, 2.45) is 4.99 Å². The number of rotatable bonds is 2. The maximum absolute atomic E-state index is 9.98. The Hall–Kier alpha value is -1.90. The molecule has 0 aliphatic heterocycles. The molecule has 84 valence electrons. The normalized spacial score (nSPS) is 10.6. The van der Waals surface area contributed by atoms with Crippen molar-refractivity contribution in [2.45, 2.75) is 0 Å². The maximum atomic E-state index is 9.98. The Morgan fingerprint density at radius 3 is 2.88 bits per heavy atom. The number of hydrogen-bond donors (Lipinski definition) is 1. The lowest BCUT2D eigenvalue weighted by Gasteiger charge is -2.05. The number of aliphatic imine (C=N–C) groups is 1. The maximum Gasteiger partial charge on any atom is 0.239 e. The lowest BCUT2D eigenvalue weighted by atomic mass is 10.0. The average Bonchev–Trinajstić information content (AvgIpc) is 2.32. The number of hydrogen-bond acceptors (Lipinski definition) is 3. The van der Waals surface area contributed by atoms with E-state index in [1.807, 2.05) is 24.3 Å². The van der Waals surface area contributed by atoms with Crippen LogP contribution < -0.4 is 0 Å². The third kappa shape index (κ3) is 2.44. The van der Waals surface area contributed by atoms with Crippen molar-refractivity contribution >= 4 is 38.9 Å². The predicted octanol–water partition coefficient (Wildman–Crippen LogP) is 3.61. The fourth-order valence-corrected chi connectivity index (χ4v) is 2.01. The number of nitrogens with zero attached hydrogens (tertiary/aromatic N) is 1. The summed E-state index contributed by atoms with van der Waals surface area (Å²) in [4.78, 5) is 13.3. The van der Waals surface area contributed by atoms with Gasteiger partial charge in [0.05, 0.1) is 0 Å². The Morgan fingerprint density at radius 1 is 1.29 bits per heavy atom. The van der Waals surface area contributed by atoms with E-state index >= 15 is 0 Å². The molecule has 0 fully saturated rings. The monoisotopic (exact) mass is 289 g/mol. The largest absolute Gasteiger partial charge is 0.507 e. The molecule has 0 saturated heterocycles. The number of benzene rings is 2. The van der Waals surface area contributed by atoms with E-state index in [1.165, 1.54) is 12.3 Å². The van der Waals surface area contributed by atoms with Gasteiger partial charge in [-0.15, -0.1) is 0 Å². The van der Waals surface area contributed by atoms with Gasteiger partial charge in [-0.2, -0.15) is 4.99 Å². The molecular formula is C13H8BrNO2. The Bertz CT molecular complexity index is 643. The average molecular weight is 290 g/mol. The molecule has 3 nitrogen and oxygen atoms in total. The van der Waals surface area contributed by atoms with Crippen molar-refractivity contribution in [1.82, 2.24) is 0 Å². The van der Waals surface area contributed by atoms with Gasteiger partial charge in [0, 0.05) is 16.2 Å². The van der Waals surface area contributed by atoms with Crippen LogP contribution in [0.25, 0.3) is 16.8 Å². The summed E-state index contributed by atoms with van der Waals surface area (Å²) >= 11 is 3.39. The van der Waals surface area contributed by atoms with Gasteiger partial charge in [-0.25, -0.2) is 4.79 Å². The van der Waals surface area contributed by atoms with E-state index < -0.39 is 0 Å². The van der Waals surface area contributed by atoms with Gasteiger partial charge in [-0.1, -0.05) is 28.1 Å². The van der Waals surface area contributed by atoms with Crippen LogP contribution in [0.2, 0.25) is 0 Å². The SMILES string of the molecule is O=C=N/C=C/c1c(O)ccc2cc(Br)ccc12. The van der Waals surface area contributed by atoms with Gasteiger partial charge in [-0.3, -0.25) is 0 Å². The molecule has 0 unspecified atom stereocenters. The molecule has 0 amide bonds. The molecule has 0 atom stereocenters. The second kappa shape index (κ2) is 4.95. The fraction of sp³-hybridized carbons (Fsp3) is 0. The molecule has 0 bridgehead atoms. The summed E-state index contributed by atoms with van der Waals surface area (Å²) < 4.78 is 0.969. The third-order valence-electron chi connectivity index (χ3n) is 2.37. The van der Waals surface area contributed by atoms with Gasteiger partial charge in [0.1, 0.15) is 5.75 Å². The second-order valence-corrected chi connectivity index (χ2v) is 4.32. The summed E-state index contributed by atoms with van der Waals surface area (Å²) in [5.41, 5.74) is 0.633. The van der Waals surface area contributed by atoms with Crippen molar-refractivity contribution in [3.63, 3.8) is 0 Å². The van der Waals surface area contributed by atoms with Crippen LogP contribution in [0.5, 0.6) is 5.75 Å². The fourth-order valence-electron chi connectivity index (χ4n) is 1.63. The van der Waals surface area contributed by atoms with Crippen molar-refractivity contribution in [3.05, 3.63) is 46.6 Å². The lowest BCUT2D eigenvalue weighted by molar-refractivity contribution is 0.475. The summed E-state index contributed by atoms with van der Waals surface area (Å²) in [5.74, 6) is 0.150. The van der Waals surface area contributed by atoms with E-state index in [4.69, 9.17) is 0 Å². The first kappa shape index (κ1) is 11.6. The Balaban J connectivity index is 2.67. The number of fused-ring (bicyclic) bond motifs is 1. The van der Waals surface area contributed by atoms with Crippen molar-refractivity contribution < 1.29 is 9.90 Å². The molecule has 1 N–H and O–H groups in total.